The Labute approximate surface area is 138 Å². The lowest BCUT2D eigenvalue weighted by molar-refractivity contribution is 0.379. The Bertz CT molecular complexity index is 574. The van der Waals surface area contributed by atoms with Crippen molar-refractivity contribution in [2.24, 2.45) is 0 Å². The largest absolute Gasteiger partial charge is 0.309 e. The van der Waals surface area contributed by atoms with Crippen molar-refractivity contribution >= 4 is 41.9 Å². The molecular formula is C13H20Br2N2O2S. The molecule has 1 atom stereocenters. The molecule has 0 saturated carbocycles. The molecule has 0 spiro atoms. The molecule has 1 N–H and O–H groups in total. The fraction of sp³-hybridized carbons (Fsp3) is 0.538. The van der Waals surface area contributed by atoms with Gasteiger partial charge in [-0.05, 0) is 74.5 Å². The van der Waals surface area contributed by atoms with E-state index in [0.717, 1.165) is 23.0 Å². The van der Waals surface area contributed by atoms with E-state index in [1.165, 1.54) is 0 Å². The Kier molecular flexibility index (Phi) is 6.66. The highest BCUT2D eigenvalue weighted by Crippen LogP contribution is 2.28. The summed E-state index contributed by atoms with van der Waals surface area (Å²) in [6.45, 7) is 4.62. The zero-order chi connectivity index (χ0) is 15.5. The van der Waals surface area contributed by atoms with Crippen LogP contribution >= 0.6 is 31.9 Å². The summed E-state index contributed by atoms with van der Waals surface area (Å²) >= 11 is 6.69. The summed E-state index contributed by atoms with van der Waals surface area (Å²) in [5.74, 6) is 0. The van der Waals surface area contributed by atoms with Crippen LogP contribution in [0.2, 0.25) is 0 Å². The summed E-state index contributed by atoms with van der Waals surface area (Å²) in [4.78, 5) is 2.29. The van der Waals surface area contributed by atoms with Gasteiger partial charge in [-0.25, -0.2) is 13.1 Å². The average Bonchev–Trinajstić information content (AvgIpc) is 2.30. The Morgan fingerprint density at radius 3 is 2.40 bits per heavy atom. The topological polar surface area (TPSA) is 49.4 Å². The van der Waals surface area contributed by atoms with E-state index < -0.39 is 10.0 Å². The molecule has 0 aliphatic heterocycles. The maximum absolute atomic E-state index is 12.4. The number of aryl methyl sites for hydroxylation is 1. The van der Waals surface area contributed by atoms with Gasteiger partial charge in [0.05, 0.1) is 4.90 Å². The van der Waals surface area contributed by atoms with Crippen molar-refractivity contribution in [2.75, 3.05) is 20.6 Å². The van der Waals surface area contributed by atoms with Crippen LogP contribution in [0.5, 0.6) is 0 Å². The van der Waals surface area contributed by atoms with Gasteiger partial charge in [0.15, 0.2) is 0 Å². The summed E-state index contributed by atoms with van der Waals surface area (Å²) in [7, 11) is 0.412. The minimum absolute atomic E-state index is 0.116. The van der Waals surface area contributed by atoms with Gasteiger partial charge in [-0.1, -0.05) is 15.9 Å². The third-order valence-corrected chi connectivity index (χ3v) is 6.27. The van der Waals surface area contributed by atoms with Crippen LogP contribution < -0.4 is 4.72 Å². The van der Waals surface area contributed by atoms with Crippen LogP contribution in [0.4, 0.5) is 0 Å². The van der Waals surface area contributed by atoms with Gasteiger partial charge in [0.2, 0.25) is 10.0 Å². The smallest absolute Gasteiger partial charge is 0.241 e. The molecule has 1 aromatic carbocycles. The molecule has 1 aromatic rings. The van der Waals surface area contributed by atoms with Crippen molar-refractivity contribution in [2.45, 2.75) is 31.2 Å². The Balaban J connectivity index is 2.92. The number of nitrogens with zero attached hydrogens (tertiary/aromatic N) is 1. The molecule has 20 heavy (non-hydrogen) atoms. The lowest BCUT2D eigenvalue weighted by Crippen LogP contribution is -2.35. The van der Waals surface area contributed by atoms with E-state index in [0.29, 0.717) is 4.47 Å². The fourth-order valence-corrected chi connectivity index (χ4v) is 4.63. The first-order chi connectivity index (χ1) is 9.13. The molecule has 4 nitrogen and oxygen atoms in total. The Hall–Kier alpha value is 0.0500. The zero-order valence-electron chi connectivity index (χ0n) is 12.1. The van der Waals surface area contributed by atoms with Crippen LogP contribution in [0.1, 0.15) is 18.9 Å². The van der Waals surface area contributed by atoms with Crippen molar-refractivity contribution in [3.63, 3.8) is 0 Å². The van der Waals surface area contributed by atoms with Crippen LogP contribution in [0.25, 0.3) is 0 Å². The van der Waals surface area contributed by atoms with Gasteiger partial charge in [0, 0.05) is 15.0 Å². The van der Waals surface area contributed by atoms with Gasteiger partial charge in [0.25, 0.3) is 0 Å². The second-order valence-electron chi connectivity index (χ2n) is 5.15. The van der Waals surface area contributed by atoms with Gasteiger partial charge in [-0.15, -0.1) is 0 Å². The molecule has 1 unspecified atom stereocenters. The number of benzene rings is 1. The first-order valence-corrected chi connectivity index (χ1v) is 9.33. The van der Waals surface area contributed by atoms with E-state index in [1.807, 2.05) is 32.8 Å². The Morgan fingerprint density at radius 2 is 1.85 bits per heavy atom. The first kappa shape index (κ1) is 18.1. The van der Waals surface area contributed by atoms with E-state index in [4.69, 9.17) is 0 Å². The fourth-order valence-electron chi connectivity index (χ4n) is 1.67. The minimum atomic E-state index is -3.52. The Morgan fingerprint density at radius 1 is 1.25 bits per heavy atom. The molecule has 0 aliphatic rings. The number of hydrogen-bond donors (Lipinski definition) is 1. The lowest BCUT2D eigenvalue weighted by atomic mass is 10.2. The van der Waals surface area contributed by atoms with E-state index in [1.54, 1.807) is 12.1 Å². The number of halogens is 2. The van der Waals surface area contributed by atoms with Crippen molar-refractivity contribution in [1.29, 1.82) is 0 Å². The van der Waals surface area contributed by atoms with Crippen LogP contribution in [-0.2, 0) is 10.0 Å². The molecule has 0 aliphatic carbocycles. The molecule has 7 heteroatoms. The third kappa shape index (κ3) is 5.11. The monoisotopic (exact) mass is 426 g/mol. The predicted octanol–water partition coefficient (Wildman–Crippen LogP) is 3.14. The summed E-state index contributed by atoms with van der Waals surface area (Å²) < 4.78 is 28.9. The summed E-state index contributed by atoms with van der Waals surface area (Å²) in [5.41, 5.74) is 0.983. The third-order valence-electron chi connectivity index (χ3n) is 2.87. The van der Waals surface area contributed by atoms with Gasteiger partial charge < -0.3 is 4.90 Å². The molecule has 0 heterocycles. The molecule has 0 aromatic heterocycles. The van der Waals surface area contributed by atoms with Gasteiger partial charge in [-0.2, -0.15) is 0 Å². The second-order valence-corrected chi connectivity index (χ2v) is 8.54. The summed E-state index contributed by atoms with van der Waals surface area (Å²) in [6, 6.07) is 3.30. The van der Waals surface area contributed by atoms with Crippen molar-refractivity contribution in [3.8, 4) is 0 Å². The van der Waals surface area contributed by atoms with Gasteiger partial charge in [-0.3, -0.25) is 0 Å². The summed E-state index contributed by atoms with van der Waals surface area (Å²) in [6.07, 6.45) is 0.761. The normalized spacial score (nSPS) is 13.8. The quantitative estimate of drug-likeness (QED) is 0.758. The molecule has 0 radical (unpaired) electrons. The highest BCUT2D eigenvalue weighted by atomic mass is 79.9. The maximum atomic E-state index is 12.4. The van der Waals surface area contributed by atoms with Crippen LogP contribution in [-0.4, -0.2) is 40.0 Å². The van der Waals surface area contributed by atoms with Crippen LogP contribution in [0, 0.1) is 6.92 Å². The number of rotatable bonds is 6. The molecule has 0 bridgehead atoms. The van der Waals surface area contributed by atoms with E-state index in [-0.39, 0.29) is 10.9 Å². The molecule has 1 rings (SSSR count). The number of nitrogens with one attached hydrogen (secondary N) is 1. The standard InChI is InChI=1S/C13H20Br2N2O2S/c1-9-7-12(15)13(8-11(9)14)20(18,19)16-10(2)5-6-17(3)4/h7-8,10,16H,5-6H2,1-4H3. The number of sulfonamides is 1. The maximum Gasteiger partial charge on any atom is 0.241 e. The van der Waals surface area contributed by atoms with Gasteiger partial charge in [0.1, 0.15) is 0 Å². The average molecular weight is 428 g/mol. The van der Waals surface area contributed by atoms with E-state index in [9.17, 15) is 8.42 Å². The minimum Gasteiger partial charge on any atom is -0.309 e. The number of hydrogen-bond acceptors (Lipinski definition) is 3. The molecule has 114 valence electrons. The van der Waals surface area contributed by atoms with Gasteiger partial charge >= 0.3 is 0 Å². The van der Waals surface area contributed by atoms with Crippen LogP contribution in [0.3, 0.4) is 0 Å². The molecule has 0 fully saturated rings. The predicted molar refractivity (Wildman–Crippen MR) is 89.5 cm³/mol. The zero-order valence-corrected chi connectivity index (χ0v) is 16.1. The highest BCUT2D eigenvalue weighted by molar-refractivity contribution is 9.11. The molecule has 0 saturated heterocycles. The molecular weight excluding hydrogens is 408 g/mol. The molecule has 0 amide bonds. The lowest BCUT2D eigenvalue weighted by Gasteiger charge is -2.17. The summed E-state index contributed by atoms with van der Waals surface area (Å²) in [5, 5.41) is 0. The van der Waals surface area contributed by atoms with E-state index >= 15 is 0 Å². The van der Waals surface area contributed by atoms with E-state index in [2.05, 4.69) is 36.6 Å². The van der Waals surface area contributed by atoms with Crippen LogP contribution in [0.15, 0.2) is 26.0 Å². The second kappa shape index (κ2) is 7.35. The van der Waals surface area contributed by atoms with Crippen molar-refractivity contribution in [1.82, 2.24) is 9.62 Å². The first-order valence-electron chi connectivity index (χ1n) is 6.26. The van der Waals surface area contributed by atoms with Crippen molar-refractivity contribution < 1.29 is 8.42 Å². The van der Waals surface area contributed by atoms with Crippen molar-refractivity contribution in [3.05, 3.63) is 26.6 Å². The SMILES string of the molecule is Cc1cc(Br)c(S(=O)(=O)NC(C)CCN(C)C)cc1Br. The highest BCUT2D eigenvalue weighted by Gasteiger charge is 2.21.